The van der Waals surface area contributed by atoms with Crippen LogP contribution in [-0.4, -0.2) is 16.2 Å². The van der Waals surface area contributed by atoms with Crippen LogP contribution in [0.1, 0.15) is 17.5 Å². The Morgan fingerprint density at radius 2 is 2.20 bits per heavy atom. The van der Waals surface area contributed by atoms with Crippen molar-refractivity contribution in [2.45, 2.75) is 12.0 Å². The first-order valence-corrected chi connectivity index (χ1v) is 4.57. The van der Waals surface area contributed by atoms with Crippen molar-refractivity contribution >= 4 is 17.7 Å². The van der Waals surface area contributed by atoms with Crippen molar-refractivity contribution in [3.05, 3.63) is 35.4 Å². The number of aliphatic carboxylic acids is 1. The molecule has 0 fully saturated rings. The number of rotatable bonds is 1. The summed E-state index contributed by atoms with van der Waals surface area (Å²) in [5.41, 5.74) is 5.28. The Hall–Kier alpha value is -1.81. The van der Waals surface area contributed by atoms with E-state index >= 15 is 0 Å². The summed E-state index contributed by atoms with van der Waals surface area (Å²) in [6.45, 7) is 0. The molecular formula is C11H11NO3. The fraction of sp³-hybridized carbons (Fsp3) is 0.182. The predicted octanol–water partition coefficient (Wildman–Crippen LogP) is 0.958. The van der Waals surface area contributed by atoms with Crippen LogP contribution in [0.2, 0.25) is 0 Å². The first kappa shape index (κ1) is 9.73. The van der Waals surface area contributed by atoms with Gasteiger partial charge in [0.2, 0.25) is 0 Å². The van der Waals surface area contributed by atoms with Gasteiger partial charge in [-0.3, -0.25) is 0 Å². The number of carboxylic acid groups (broad SMARTS) is 1. The first-order valence-electron chi connectivity index (χ1n) is 4.57. The maximum Gasteiger partial charge on any atom is 0.340 e. The molecule has 4 nitrogen and oxygen atoms in total. The quantitative estimate of drug-likeness (QED) is 0.596. The van der Waals surface area contributed by atoms with E-state index in [9.17, 15) is 9.90 Å². The lowest BCUT2D eigenvalue weighted by Crippen LogP contribution is -2.37. The number of aliphatic hydroxyl groups is 1. The number of hydrogen-bond donors (Lipinski definition) is 3. The maximum atomic E-state index is 11.0. The lowest BCUT2D eigenvalue weighted by atomic mass is 9.82. The van der Waals surface area contributed by atoms with Crippen LogP contribution in [0.15, 0.2) is 24.3 Å². The summed E-state index contributed by atoms with van der Waals surface area (Å²) in [4.78, 5) is 11.0. The number of nitrogen functional groups attached to an aromatic ring is 1. The van der Waals surface area contributed by atoms with E-state index < -0.39 is 11.6 Å². The van der Waals surface area contributed by atoms with Crippen LogP contribution < -0.4 is 5.73 Å². The van der Waals surface area contributed by atoms with E-state index in [0.717, 1.165) is 0 Å². The van der Waals surface area contributed by atoms with Crippen LogP contribution in [0.3, 0.4) is 0 Å². The van der Waals surface area contributed by atoms with Gasteiger partial charge in [0.25, 0.3) is 0 Å². The van der Waals surface area contributed by atoms with E-state index in [1.54, 1.807) is 30.4 Å². The largest absolute Gasteiger partial charge is 0.479 e. The smallest absolute Gasteiger partial charge is 0.340 e. The average molecular weight is 205 g/mol. The first-order chi connectivity index (χ1) is 7.05. The van der Waals surface area contributed by atoms with E-state index in [1.165, 1.54) is 0 Å². The van der Waals surface area contributed by atoms with Gasteiger partial charge in [0, 0.05) is 23.2 Å². The SMILES string of the molecule is Nc1cccc2c1C=CCC2(O)C(=O)O. The Morgan fingerprint density at radius 1 is 1.47 bits per heavy atom. The molecule has 15 heavy (non-hydrogen) atoms. The molecule has 0 aromatic heterocycles. The number of nitrogens with two attached hydrogens (primary N) is 1. The number of carboxylic acids is 1. The zero-order valence-corrected chi connectivity index (χ0v) is 7.97. The summed E-state index contributed by atoms with van der Waals surface area (Å²) in [6, 6.07) is 4.90. The van der Waals surface area contributed by atoms with Crippen molar-refractivity contribution in [2.24, 2.45) is 0 Å². The molecule has 0 radical (unpaired) electrons. The third-order valence-electron chi connectivity index (χ3n) is 2.64. The van der Waals surface area contributed by atoms with Crippen molar-refractivity contribution in [1.82, 2.24) is 0 Å². The van der Waals surface area contributed by atoms with Crippen LogP contribution >= 0.6 is 0 Å². The molecule has 1 aliphatic carbocycles. The highest BCUT2D eigenvalue weighted by molar-refractivity contribution is 5.85. The Morgan fingerprint density at radius 3 is 2.87 bits per heavy atom. The molecule has 0 amide bonds. The van der Waals surface area contributed by atoms with Gasteiger partial charge in [-0.25, -0.2) is 4.79 Å². The number of anilines is 1. The van der Waals surface area contributed by atoms with Crippen LogP contribution in [0.4, 0.5) is 5.69 Å². The third kappa shape index (κ3) is 1.30. The minimum atomic E-state index is -1.85. The highest BCUT2D eigenvalue weighted by atomic mass is 16.4. The van der Waals surface area contributed by atoms with Gasteiger partial charge in [0.15, 0.2) is 5.60 Å². The van der Waals surface area contributed by atoms with Crippen LogP contribution in [0, 0.1) is 0 Å². The Balaban J connectivity index is 2.67. The van der Waals surface area contributed by atoms with Crippen molar-refractivity contribution in [1.29, 1.82) is 0 Å². The van der Waals surface area contributed by atoms with Gasteiger partial charge < -0.3 is 15.9 Å². The molecule has 1 aromatic rings. The van der Waals surface area contributed by atoms with Crippen LogP contribution in [0.5, 0.6) is 0 Å². The second-order valence-electron chi connectivity index (χ2n) is 3.58. The van der Waals surface area contributed by atoms with E-state index in [1.807, 2.05) is 0 Å². The molecule has 0 heterocycles. The maximum absolute atomic E-state index is 11.0. The summed E-state index contributed by atoms with van der Waals surface area (Å²) in [6.07, 6.45) is 3.42. The molecule has 1 aromatic carbocycles. The molecule has 0 aliphatic heterocycles. The normalized spacial score (nSPS) is 23.5. The van der Waals surface area contributed by atoms with Crippen LogP contribution in [-0.2, 0) is 10.4 Å². The second kappa shape index (κ2) is 3.10. The molecule has 2 rings (SSSR count). The minimum Gasteiger partial charge on any atom is -0.479 e. The zero-order chi connectivity index (χ0) is 11.1. The van der Waals surface area contributed by atoms with Gasteiger partial charge in [-0.05, 0) is 6.07 Å². The number of benzene rings is 1. The lowest BCUT2D eigenvalue weighted by molar-refractivity contribution is -0.159. The highest BCUT2D eigenvalue weighted by Gasteiger charge is 2.40. The second-order valence-corrected chi connectivity index (χ2v) is 3.58. The molecule has 0 saturated carbocycles. The summed E-state index contributed by atoms with van der Waals surface area (Å²) in [5.74, 6) is -1.25. The molecule has 0 bridgehead atoms. The van der Waals surface area contributed by atoms with Gasteiger partial charge in [-0.15, -0.1) is 0 Å². The Kier molecular flexibility index (Phi) is 2.01. The minimum absolute atomic E-state index is 0.0682. The van der Waals surface area contributed by atoms with Gasteiger partial charge in [-0.2, -0.15) is 0 Å². The number of hydrogen-bond acceptors (Lipinski definition) is 3. The predicted molar refractivity (Wildman–Crippen MR) is 56.0 cm³/mol. The number of carbonyl (C=O) groups is 1. The van der Waals surface area contributed by atoms with Crippen molar-refractivity contribution in [3.8, 4) is 0 Å². The third-order valence-corrected chi connectivity index (χ3v) is 2.64. The van der Waals surface area contributed by atoms with E-state index in [2.05, 4.69) is 0 Å². The molecule has 78 valence electrons. The van der Waals surface area contributed by atoms with E-state index in [-0.39, 0.29) is 6.42 Å². The topological polar surface area (TPSA) is 83.5 Å². The average Bonchev–Trinajstić information content (AvgIpc) is 2.20. The molecule has 0 saturated heterocycles. The lowest BCUT2D eigenvalue weighted by Gasteiger charge is -2.27. The molecular weight excluding hydrogens is 194 g/mol. The van der Waals surface area contributed by atoms with Crippen molar-refractivity contribution in [2.75, 3.05) is 5.73 Å². The standard InChI is InChI=1S/C11H11NO3/c12-9-5-1-4-8-7(9)3-2-6-11(8,15)10(13)14/h1-5,15H,6,12H2,(H,13,14). The van der Waals surface area contributed by atoms with Crippen LogP contribution in [0.25, 0.3) is 6.08 Å². The monoisotopic (exact) mass is 205 g/mol. The Bertz CT molecular complexity index is 453. The van der Waals surface area contributed by atoms with Crippen molar-refractivity contribution in [3.63, 3.8) is 0 Å². The van der Waals surface area contributed by atoms with E-state index in [0.29, 0.717) is 16.8 Å². The zero-order valence-electron chi connectivity index (χ0n) is 7.97. The molecule has 1 aliphatic rings. The molecule has 0 spiro atoms. The molecule has 1 unspecified atom stereocenters. The van der Waals surface area contributed by atoms with Gasteiger partial charge >= 0.3 is 5.97 Å². The fourth-order valence-electron chi connectivity index (χ4n) is 1.79. The summed E-state index contributed by atoms with van der Waals surface area (Å²) >= 11 is 0. The van der Waals surface area contributed by atoms with Gasteiger partial charge in [-0.1, -0.05) is 24.3 Å². The summed E-state index contributed by atoms with van der Waals surface area (Å²) < 4.78 is 0. The molecule has 4 N–H and O–H groups in total. The number of fused-ring (bicyclic) bond motifs is 1. The highest BCUT2D eigenvalue weighted by Crippen LogP contribution is 2.36. The van der Waals surface area contributed by atoms with Gasteiger partial charge in [0.1, 0.15) is 0 Å². The fourth-order valence-corrected chi connectivity index (χ4v) is 1.79. The molecule has 1 atom stereocenters. The van der Waals surface area contributed by atoms with E-state index in [4.69, 9.17) is 10.8 Å². The summed E-state index contributed by atoms with van der Waals surface area (Å²) in [7, 11) is 0. The Labute approximate surface area is 86.7 Å². The molecule has 4 heteroatoms. The van der Waals surface area contributed by atoms with Gasteiger partial charge in [0.05, 0.1) is 0 Å². The van der Waals surface area contributed by atoms with Crippen molar-refractivity contribution < 1.29 is 15.0 Å². The summed E-state index contributed by atoms with van der Waals surface area (Å²) in [5, 5.41) is 19.0.